The Hall–Kier alpha value is -3.35. The Balaban J connectivity index is 1.77. The minimum Gasteiger partial charge on any atom is -0.495 e. The molecule has 4 amide bonds. The number of nitrogens with one attached hydrogen (secondary N) is 2. The molecule has 1 aliphatic rings. The Labute approximate surface area is 150 Å². The number of hydrogen-bond acceptors (Lipinski definition) is 4. The molecule has 0 atom stereocenters. The zero-order valence-corrected chi connectivity index (χ0v) is 14.7. The Morgan fingerprint density at radius 2 is 1.69 bits per heavy atom. The van der Waals surface area contributed by atoms with Gasteiger partial charge in [-0.3, -0.25) is 14.5 Å². The maximum absolute atomic E-state index is 12.4. The van der Waals surface area contributed by atoms with E-state index in [9.17, 15) is 14.4 Å². The second kappa shape index (κ2) is 6.87. The quantitative estimate of drug-likeness (QED) is 0.825. The maximum atomic E-state index is 12.4. The molecule has 1 heterocycles. The lowest BCUT2D eigenvalue weighted by Crippen LogP contribution is -2.35. The molecule has 2 aromatic carbocycles. The fraction of sp³-hybridized carbons (Fsp3) is 0.211. The lowest BCUT2D eigenvalue weighted by Gasteiger charge is -2.17. The van der Waals surface area contributed by atoms with Crippen LogP contribution in [0, 0.1) is 0 Å². The number of ether oxygens (including phenoxy) is 1. The van der Waals surface area contributed by atoms with Crippen molar-refractivity contribution >= 4 is 29.2 Å². The highest BCUT2D eigenvalue weighted by Crippen LogP contribution is 2.28. The number of nitrogens with zero attached hydrogens (tertiary/aromatic N) is 1. The minimum atomic E-state index is -0.480. The van der Waals surface area contributed by atoms with Gasteiger partial charge in [0.25, 0.3) is 11.8 Å². The third-order valence-corrected chi connectivity index (χ3v) is 4.05. The van der Waals surface area contributed by atoms with Gasteiger partial charge in [-0.05, 0) is 44.2 Å². The van der Waals surface area contributed by atoms with E-state index in [-0.39, 0.29) is 17.9 Å². The first-order valence-corrected chi connectivity index (χ1v) is 8.15. The molecule has 26 heavy (non-hydrogen) atoms. The van der Waals surface area contributed by atoms with Crippen molar-refractivity contribution in [2.45, 2.75) is 19.9 Å². The molecule has 0 spiro atoms. The van der Waals surface area contributed by atoms with Gasteiger partial charge in [0, 0.05) is 11.7 Å². The van der Waals surface area contributed by atoms with Gasteiger partial charge in [-0.15, -0.1) is 0 Å². The highest BCUT2D eigenvalue weighted by molar-refractivity contribution is 6.22. The van der Waals surface area contributed by atoms with Gasteiger partial charge < -0.3 is 15.4 Å². The van der Waals surface area contributed by atoms with E-state index in [1.165, 1.54) is 18.1 Å². The standard InChI is InChI=1S/C19H19N3O4/c1-11(2)22-17(23)13-9-8-12(10-14(13)18(22)24)20-19(25)21-15-6-4-5-7-16(15)26-3/h4-11H,1-3H3,(H2,20,21,25). The summed E-state index contributed by atoms with van der Waals surface area (Å²) < 4.78 is 5.19. The molecule has 0 aromatic heterocycles. The number of rotatable bonds is 4. The van der Waals surface area contributed by atoms with Crippen LogP contribution in [0.1, 0.15) is 34.6 Å². The smallest absolute Gasteiger partial charge is 0.323 e. The van der Waals surface area contributed by atoms with Crippen molar-refractivity contribution in [3.63, 3.8) is 0 Å². The zero-order valence-electron chi connectivity index (χ0n) is 14.7. The summed E-state index contributed by atoms with van der Waals surface area (Å²) in [6, 6.07) is 11.0. The predicted octanol–water partition coefficient (Wildman–Crippen LogP) is 3.34. The van der Waals surface area contributed by atoms with Crippen LogP contribution in [0.4, 0.5) is 16.2 Å². The number of fused-ring (bicyclic) bond motifs is 1. The topological polar surface area (TPSA) is 87.7 Å². The molecule has 0 fully saturated rings. The van der Waals surface area contributed by atoms with E-state index < -0.39 is 6.03 Å². The van der Waals surface area contributed by atoms with Gasteiger partial charge in [0.15, 0.2) is 0 Å². The lowest BCUT2D eigenvalue weighted by atomic mass is 10.1. The third-order valence-electron chi connectivity index (χ3n) is 4.05. The summed E-state index contributed by atoms with van der Waals surface area (Å²) in [5.41, 5.74) is 1.58. The fourth-order valence-corrected chi connectivity index (χ4v) is 2.84. The van der Waals surface area contributed by atoms with Gasteiger partial charge in [0.05, 0.1) is 23.9 Å². The van der Waals surface area contributed by atoms with Crippen molar-refractivity contribution in [2.24, 2.45) is 0 Å². The predicted molar refractivity (Wildman–Crippen MR) is 97.7 cm³/mol. The molecule has 3 rings (SSSR count). The van der Waals surface area contributed by atoms with Gasteiger partial charge in [-0.1, -0.05) is 12.1 Å². The summed E-state index contributed by atoms with van der Waals surface area (Å²) in [4.78, 5) is 38.1. The second-order valence-electron chi connectivity index (χ2n) is 6.11. The van der Waals surface area contributed by atoms with Gasteiger partial charge in [-0.2, -0.15) is 0 Å². The number of carbonyl (C=O) groups excluding carboxylic acids is 3. The van der Waals surface area contributed by atoms with Crippen LogP contribution in [-0.2, 0) is 0 Å². The van der Waals surface area contributed by atoms with E-state index in [0.29, 0.717) is 28.3 Å². The van der Waals surface area contributed by atoms with Gasteiger partial charge in [0.1, 0.15) is 5.75 Å². The summed E-state index contributed by atoms with van der Waals surface area (Å²) in [6.07, 6.45) is 0. The van der Waals surface area contributed by atoms with E-state index in [1.54, 1.807) is 50.2 Å². The van der Waals surface area contributed by atoms with E-state index >= 15 is 0 Å². The molecule has 0 bridgehead atoms. The summed E-state index contributed by atoms with van der Waals surface area (Å²) in [7, 11) is 1.52. The van der Waals surface area contributed by atoms with E-state index in [2.05, 4.69) is 10.6 Å². The van der Waals surface area contributed by atoms with Crippen LogP contribution in [0.2, 0.25) is 0 Å². The van der Waals surface area contributed by atoms with Crippen molar-refractivity contribution in [3.05, 3.63) is 53.6 Å². The molecule has 134 valence electrons. The number of para-hydroxylation sites is 2. The first-order chi connectivity index (χ1) is 12.4. The molecule has 0 saturated carbocycles. The second-order valence-corrected chi connectivity index (χ2v) is 6.11. The normalized spacial score (nSPS) is 13.0. The summed E-state index contributed by atoms with van der Waals surface area (Å²) in [6.45, 7) is 3.56. The SMILES string of the molecule is COc1ccccc1NC(=O)Nc1ccc2c(c1)C(=O)N(C(C)C)C2=O. The van der Waals surface area contributed by atoms with Crippen molar-refractivity contribution < 1.29 is 19.1 Å². The fourth-order valence-electron chi connectivity index (χ4n) is 2.84. The Bertz CT molecular complexity index is 892. The molecule has 0 unspecified atom stereocenters. The number of carbonyl (C=O) groups is 3. The zero-order chi connectivity index (χ0) is 18.8. The molecule has 2 N–H and O–H groups in total. The molecule has 0 saturated heterocycles. The van der Waals surface area contributed by atoms with Crippen LogP contribution < -0.4 is 15.4 Å². The van der Waals surface area contributed by atoms with E-state index in [0.717, 1.165) is 0 Å². The van der Waals surface area contributed by atoms with Crippen LogP contribution in [0.5, 0.6) is 5.75 Å². The average Bonchev–Trinajstić information content (AvgIpc) is 2.86. The number of urea groups is 1. The summed E-state index contributed by atoms with van der Waals surface area (Å²) >= 11 is 0. The van der Waals surface area contributed by atoms with Gasteiger partial charge >= 0.3 is 6.03 Å². The lowest BCUT2D eigenvalue weighted by molar-refractivity contribution is 0.0609. The highest BCUT2D eigenvalue weighted by Gasteiger charge is 2.37. The Morgan fingerprint density at radius 1 is 1.00 bits per heavy atom. The summed E-state index contributed by atoms with van der Waals surface area (Å²) in [5.74, 6) is -0.135. The molecule has 2 aromatic rings. The molecule has 7 heteroatoms. The van der Waals surface area contributed by atoms with E-state index in [1.807, 2.05) is 0 Å². The number of benzene rings is 2. The number of imide groups is 1. The molecule has 0 radical (unpaired) electrons. The number of hydrogen-bond donors (Lipinski definition) is 2. The van der Waals surface area contributed by atoms with Crippen LogP contribution in [0.15, 0.2) is 42.5 Å². The maximum Gasteiger partial charge on any atom is 0.323 e. The number of methoxy groups -OCH3 is 1. The number of anilines is 2. The van der Waals surface area contributed by atoms with Crippen molar-refractivity contribution in [1.82, 2.24) is 4.90 Å². The first kappa shape index (κ1) is 17.5. The summed E-state index contributed by atoms with van der Waals surface area (Å²) in [5, 5.41) is 5.35. The molecule has 7 nitrogen and oxygen atoms in total. The highest BCUT2D eigenvalue weighted by atomic mass is 16.5. The van der Waals surface area contributed by atoms with E-state index in [4.69, 9.17) is 4.74 Å². The van der Waals surface area contributed by atoms with Gasteiger partial charge in [0.2, 0.25) is 0 Å². The monoisotopic (exact) mass is 353 g/mol. The van der Waals surface area contributed by atoms with Crippen LogP contribution in [0.25, 0.3) is 0 Å². The third kappa shape index (κ3) is 3.11. The van der Waals surface area contributed by atoms with Crippen LogP contribution in [0.3, 0.4) is 0 Å². The first-order valence-electron chi connectivity index (χ1n) is 8.15. The van der Waals surface area contributed by atoms with Gasteiger partial charge in [-0.25, -0.2) is 4.79 Å². The van der Waals surface area contributed by atoms with Crippen LogP contribution in [-0.4, -0.2) is 35.9 Å². The minimum absolute atomic E-state index is 0.229. The largest absolute Gasteiger partial charge is 0.495 e. The average molecular weight is 353 g/mol. The molecular weight excluding hydrogens is 334 g/mol. The van der Waals surface area contributed by atoms with Crippen molar-refractivity contribution in [2.75, 3.05) is 17.7 Å². The Kier molecular flexibility index (Phi) is 4.62. The number of amides is 4. The molecule has 1 aliphatic heterocycles. The van der Waals surface area contributed by atoms with Crippen molar-refractivity contribution in [3.8, 4) is 5.75 Å². The molecular formula is C19H19N3O4. The molecule has 0 aliphatic carbocycles. The van der Waals surface area contributed by atoms with Crippen molar-refractivity contribution in [1.29, 1.82) is 0 Å². The van der Waals surface area contributed by atoms with Crippen LogP contribution >= 0.6 is 0 Å². The Morgan fingerprint density at radius 3 is 2.38 bits per heavy atom.